The van der Waals surface area contributed by atoms with Gasteiger partial charge in [0.1, 0.15) is 5.75 Å². The summed E-state index contributed by atoms with van der Waals surface area (Å²) in [5.41, 5.74) is 0.986. The summed E-state index contributed by atoms with van der Waals surface area (Å²) < 4.78 is 11.5. The molecule has 2 rings (SSSR count). The van der Waals surface area contributed by atoms with Crippen LogP contribution in [0.3, 0.4) is 0 Å². The second-order valence-corrected chi connectivity index (χ2v) is 7.70. The standard InChI is InChI=1S/C16H24O3S/c1-11(2)20-15(13-7-5-6-8-14(13)17)9-12-10-18-16(3,4)19-12/h5-8,11-12,15,17H,9-10H2,1-4H3/t12-,15?/m0/s1. The summed E-state index contributed by atoms with van der Waals surface area (Å²) >= 11 is 1.86. The fraction of sp³-hybridized carbons (Fsp3) is 0.625. The maximum atomic E-state index is 10.1. The van der Waals surface area contributed by atoms with Crippen LogP contribution in [0.4, 0.5) is 0 Å². The molecule has 0 spiro atoms. The predicted octanol–water partition coefficient (Wildman–Crippen LogP) is 4.12. The Hall–Kier alpha value is -0.710. The Morgan fingerprint density at radius 3 is 2.60 bits per heavy atom. The van der Waals surface area contributed by atoms with E-state index in [4.69, 9.17) is 9.47 Å². The summed E-state index contributed by atoms with van der Waals surface area (Å²) in [5, 5.41) is 10.8. The van der Waals surface area contributed by atoms with Gasteiger partial charge in [0.2, 0.25) is 0 Å². The van der Waals surface area contributed by atoms with Crippen molar-refractivity contribution in [3.8, 4) is 5.75 Å². The third kappa shape index (κ3) is 4.14. The van der Waals surface area contributed by atoms with Gasteiger partial charge in [-0.25, -0.2) is 0 Å². The molecule has 0 bridgehead atoms. The van der Waals surface area contributed by atoms with Crippen molar-refractivity contribution in [2.24, 2.45) is 0 Å². The van der Waals surface area contributed by atoms with Gasteiger partial charge in [-0.05, 0) is 31.6 Å². The van der Waals surface area contributed by atoms with Gasteiger partial charge in [-0.3, -0.25) is 0 Å². The molecule has 3 nitrogen and oxygen atoms in total. The van der Waals surface area contributed by atoms with Gasteiger partial charge in [-0.1, -0.05) is 32.0 Å². The van der Waals surface area contributed by atoms with Gasteiger partial charge < -0.3 is 14.6 Å². The smallest absolute Gasteiger partial charge is 0.163 e. The molecule has 1 fully saturated rings. The van der Waals surface area contributed by atoms with Gasteiger partial charge in [0.15, 0.2) is 5.79 Å². The Labute approximate surface area is 125 Å². The zero-order chi connectivity index (χ0) is 14.8. The van der Waals surface area contributed by atoms with Gasteiger partial charge in [-0.2, -0.15) is 11.8 Å². The largest absolute Gasteiger partial charge is 0.508 e. The monoisotopic (exact) mass is 296 g/mol. The summed E-state index contributed by atoms with van der Waals surface area (Å²) in [6.07, 6.45) is 0.935. The van der Waals surface area contributed by atoms with Gasteiger partial charge in [0, 0.05) is 10.8 Å². The van der Waals surface area contributed by atoms with Crippen LogP contribution in [0, 0.1) is 0 Å². The highest BCUT2D eigenvalue weighted by Gasteiger charge is 2.34. The molecule has 1 heterocycles. The number of hydrogen-bond acceptors (Lipinski definition) is 4. The molecule has 0 aromatic heterocycles. The summed E-state index contributed by atoms with van der Waals surface area (Å²) in [7, 11) is 0. The molecule has 112 valence electrons. The molecule has 1 saturated heterocycles. The van der Waals surface area contributed by atoms with Crippen molar-refractivity contribution >= 4 is 11.8 Å². The maximum Gasteiger partial charge on any atom is 0.163 e. The number of thioether (sulfide) groups is 1. The average Bonchev–Trinajstić information content (AvgIpc) is 2.68. The zero-order valence-corrected chi connectivity index (χ0v) is 13.4. The number of phenols is 1. The van der Waals surface area contributed by atoms with Gasteiger partial charge in [0.25, 0.3) is 0 Å². The van der Waals surface area contributed by atoms with E-state index in [2.05, 4.69) is 13.8 Å². The lowest BCUT2D eigenvalue weighted by atomic mass is 10.1. The molecule has 2 atom stereocenters. The summed E-state index contributed by atoms with van der Waals surface area (Å²) in [6.45, 7) is 8.85. The second-order valence-electron chi connectivity index (χ2n) is 5.92. The third-order valence-electron chi connectivity index (χ3n) is 3.26. The first-order valence-electron chi connectivity index (χ1n) is 7.12. The highest BCUT2D eigenvalue weighted by Crippen LogP contribution is 2.41. The Morgan fingerprint density at radius 2 is 2.05 bits per heavy atom. The van der Waals surface area contributed by atoms with Crippen molar-refractivity contribution in [3.63, 3.8) is 0 Å². The van der Waals surface area contributed by atoms with E-state index >= 15 is 0 Å². The number of para-hydroxylation sites is 1. The van der Waals surface area contributed by atoms with E-state index in [1.807, 2.05) is 43.8 Å². The molecule has 0 radical (unpaired) electrons. The molecule has 1 aromatic carbocycles. The van der Waals surface area contributed by atoms with E-state index in [1.165, 1.54) is 0 Å². The molecule has 1 N–H and O–H groups in total. The molecule has 0 saturated carbocycles. The normalized spacial score (nSPS) is 23.1. The number of ether oxygens (including phenoxy) is 2. The van der Waals surface area contributed by atoms with Crippen LogP contribution < -0.4 is 0 Å². The SMILES string of the molecule is CC(C)SC(C[C@H]1COC(C)(C)O1)c1ccccc1O. The molecule has 1 aliphatic rings. The summed E-state index contributed by atoms with van der Waals surface area (Å²) in [4.78, 5) is 0. The van der Waals surface area contributed by atoms with Crippen LogP contribution in [0.5, 0.6) is 5.75 Å². The number of rotatable bonds is 5. The highest BCUT2D eigenvalue weighted by atomic mass is 32.2. The van der Waals surface area contributed by atoms with Crippen LogP contribution in [0.15, 0.2) is 24.3 Å². The summed E-state index contributed by atoms with van der Waals surface area (Å²) in [6, 6.07) is 7.57. The van der Waals surface area contributed by atoms with E-state index in [0.717, 1.165) is 12.0 Å². The minimum atomic E-state index is -0.490. The van der Waals surface area contributed by atoms with E-state index in [0.29, 0.717) is 17.6 Å². The summed E-state index contributed by atoms with van der Waals surface area (Å²) in [5.74, 6) is -0.125. The fourth-order valence-electron chi connectivity index (χ4n) is 2.46. The molecule has 1 unspecified atom stereocenters. The molecular formula is C16H24O3S. The van der Waals surface area contributed by atoms with Crippen LogP contribution in [0.25, 0.3) is 0 Å². The van der Waals surface area contributed by atoms with Crippen molar-refractivity contribution in [3.05, 3.63) is 29.8 Å². The predicted molar refractivity (Wildman–Crippen MR) is 83.1 cm³/mol. The van der Waals surface area contributed by atoms with E-state index < -0.39 is 5.79 Å². The minimum absolute atomic E-state index is 0.0841. The topological polar surface area (TPSA) is 38.7 Å². The molecule has 0 amide bonds. The van der Waals surface area contributed by atoms with Crippen LogP contribution >= 0.6 is 11.8 Å². The maximum absolute atomic E-state index is 10.1. The average molecular weight is 296 g/mol. The number of phenolic OH excluding ortho intramolecular Hbond substituents is 1. The van der Waals surface area contributed by atoms with Crippen LogP contribution in [0.1, 0.15) is 44.9 Å². The van der Waals surface area contributed by atoms with E-state index in [-0.39, 0.29) is 11.4 Å². The second kappa shape index (κ2) is 6.37. The molecule has 0 aliphatic carbocycles. The lowest BCUT2D eigenvalue weighted by Gasteiger charge is -2.23. The van der Waals surface area contributed by atoms with Crippen molar-refractivity contribution in [2.45, 2.75) is 56.5 Å². The highest BCUT2D eigenvalue weighted by molar-refractivity contribution is 8.00. The zero-order valence-electron chi connectivity index (χ0n) is 12.6. The molecular weight excluding hydrogens is 272 g/mol. The first kappa shape index (κ1) is 15.7. The third-order valence-corrected chi connectivity index (χ3v) is 4.58. The lowest BCUT2D eigenvalue weighted by Crippen LogP contribution is -2.22. The van der Waals surface area contributed by atoms with Crippen molar-refractivity contribution in [1.82, 2.24) is 0 Å². The van der Waals surface area contributed by atoms with Crippen LogP contribution in [-0.4, -0.2) is 28.9 Å². The van der Waals surface area contributed by atoms with Crippen molar-refractivity contribution < 1.29 is 14.6 Å². The lowest BCUT2D eigenvalue weighted by molar-refractivity contribution is -0.138. The Morgan fingerprint density at radius 1 is 1.35 bits per heavy atom. The quantitative estimate of drug-likeness (QED) is 0.887. The van der Waals surface area contributed by atoms with Gasteiger partial charge in [0.05, 0.1) is 12.7 Å². The minimum Gasteiger partial charge on any atom is -0.508 e. The molecule has 1 aliphatic heterocycles. The van der Waals surface area contributed by atoms with Gasteiger partial charge in [-0.15, -0.1) is 0 Å². The van der Waals surface area contributed by atoms with Gasteiger partial charge >= 0.3 is 0 Å². The first-order valence-corrected chi connectivity index (χ1v) is 8.07. The number of hydrogen-bond donors (Lipinski definition) is 1. The Kier molecular flexibility index (Phi) is 4.99. The Balaban J connectivity index is 2.11. The Bertz CT molecular complexity index is 445. The number of benzene rings is 1. The van der Waals surface area contributed by atoms with E-state index in [1.54, 1.807) is 6.07 Å². The van der Waals surface area contributed by atoms with Crippen LogP contribution in [0.2, 0.25) is 0 Å². The van der Waals surface area contributed by atoms with Crippen LogP contribution in [-0.2, 0) is 9.47 Å². The van der Waals surface area contributed by atoms with Crippen molar-refractivity contribution in [2.75, 3.05) is 6.61 Å². The van der Waals surface area contributed by atoms with Crippen molar-refractivity contribution in [1.29, 1.82) is 0 Å². The van der Waals surface area contributed by atoms with E-state index in [9.17, 15) is 5.11 Å². The molecule has 4 heteroatoms. The first-order chi connectivity index (χ1) is 9.37. The molecule has 20 heavy (non-hydrogen) atoms. The number of aromatic hydroxyl groups is 1. The molecule has 1 aromatic rings. The fourth-order valence-corrected chi connectivity index (χ4v) is 3.79.